The molecule has 7 heteroatoms. The van der Waals surface area contributed by atoms with Crippen molar-refractivity contribution in [2.45, 2.75) is 0 Å². The van der Waals surface area contributed by atoms with Crippen LogP contribution < -0.4 is 0 Å². The number of aromatic carboxylic acids is 1. The highest BCUT2D eigenvalue weighted by Crippen LogP contribution is 2.10. The maximum absolute atomic E-state index is 10.4. The van der Waals surface area contributed by atoms with E-state index in [1.54, 1.807) is 0 Å². The maximum Gasteiger partial charge on any atom is 0.373 e. The largest absolute Gasteiger partial charge is 0.475 e. The van der Waals surface area contributed by atoms with E-state index in [4.69, 9.17) is 5.11 Å². The molecule has 0 radical (unpaired) electrons. The number of carboxylic acids is 1. The standard InChI is InChI=1S/C6H4N4O3/c11-6(12)5-7-4(8-9-5)3-1-2-13-10-3/h1-2H,(H,11,12)(H,7,8,9). The smallest absolute Gasteiger partial charge is 0.373 e. The van der Waals surface area contributed by atoms with Crippen LogP contribution in [0.2, 0.25) is 0 Å². The molecule has 2 aromatic rings. The van der Waals surface area contributed by atoms with Gasteiger partial charge in [0.25, 0.3) is 0 Å². The Bertz CT molecular complexity index is 419. The summed E-state index contributed by atoms with van der Waals surface area (Å²) in [4.78, 5) is 14.1. The molecule has 0 aliphatic heterocycles. The number of H-pyrrole nitrogens is 1. The summed E-state index contributed by atoms with van der Waals surface area (Å²) in [7, 11) is 0. The molecule has 0 aliphatic carbocycles. The number of nitrogens with one attached hydrogen (secondary N) is 1. The van der Waals surface area contributed by atoms with E-state index in [0.29, 0.717) is 5.69 Å². The van der Waals surface area contributed by atoms with Gasteiger partial charge in [0.1, 0.15) is 6.26 Å². The summed E-state index contributed by atoms with van der Waals surface area (Å²) in [6.45, 7) is 0. The third kappa shape index (κ3) is 1.26. The molecule has 0 fully saturated rings. The Morgan fingerprint density at radius 3 is 3.00 bits per heavy atom. The van der Waals surface area contributed by atoms with Crippen LogP contribution in [0.15, 0.2) is 16.9 Å². The first-order chi connectivity index (χ1) is 6.27. The highest BCUT2D eigenvalue weighted by atomic mass is 16.5. The SMILES string of the molecule is O=C(O)c1nc(-c2ccon2)n[nH]1. The van der Waals surface area contributed by atoms with Crippen LogP contribution in [0.4, 0.5) is 0 Å². The van der Waals surface area contributed by atoms with Crippen molar-refractivity contribution in [1.82, 2.24) is 20.3 Å². The molecule has 2 rings (SSSR count). The van der Waals surface area contributed by atoms with Crippen LogP contribution in [0.25, 0.3) is 11.5 Å². The fourth-order valence-corrected chi connectivity index (χ4v) is 0.800. The minimum absolute atomic E-state index is 0.200. The number of hydrogen-bond donors (Lipinski definition) is 2. The lowest BCUT2D eigenvalue weighted by Crippen LogP contribution is -1.98. The van der Waals surface area contributed by atoms with Gasteiger partial charge in [-0.3, -0.25) is 5.10 Å². The van der Waals surface area contributed by atoms with Crippen molar-refractivity contribution in [2.75, 3.05) is 0 Å². The molecule has 2 N–H and O–H groups in total. The molecule has 0 unspecified atom stereocenters. The highest BCUT2D eigenvalue weighted by molar-refractivity contribution is 5.83. The number of carboxylic acid groups (broad SMARTS) is 1. The van der Waals surface area contributed by atoms with Crippen molar-refractivity contribution in [1.29, 1.82) is 0 Å². The second kappa shape index (κ2) is 2.70. The van der Waals surface area contributed by atoms with Crippen molar-refractivity contribution < 1.29 is 14.4 Å². The van der Waals surface area contributed by atoms with E-state index >= 15 is 0 Å². The third-order valence-electron chi connectivity index (χ3n) is 1.35. The summed E-state index contributed by atoms with van der Waals surface area (Å²) in [6, 6.07) is 1.54. The number of rotatable bonds is 2. The van der Waals surface area contributed by atoms with Gasteiger partial charge in [-0.15, -0.1) is 0 Å². The highest BCUT2D eigenvalue weighted by Gasteiger charge is 2.12. The van der Waals surface area contributed by atoms with Gasteiger partial charge in [0.2, 0.25) is 11.6 Å². The molecule has 0 amide bonds. The lowest BCUT2D eigenvalue weighted by atomic mass is 10.4. The Balaban J connectivity index is 2.39. The molecule has 0 spiro atoms. The Morgan fingerprint density at radius 2 is 2.46 bits per heavy atom. The van der Waals surface area contributed by atoms with E-state index in [1.807, 2.05) is 0 Å². The molecule has 13 heavy (non-hydrogen) atoms. The van der Waals surface area contributed by atoms with E-state index in [9.17, 15) is 4.79 Å². The van der Waals surface area contributed by atoms with E-state index < -0.39 is 5.97 Å². The van der Waals surface area contributed by atoms with Gasteiger partial charge in [-0.2, -0.15) is 10.1 Å². The van der Waals surface area contributed by atoms with E-state index in [2.05, 4.69) is 24.9 Å². The fourth-order valence-electron chi connectivity index (χ4n) is 0.800. The maximum atomic E-state index is 10.4. The first-order valence-corrected chi connectivity index (χ1v) is 3.34. The number of carbonyl (C=O) groups is 1. The summed E-state index contributed by atoms with van der Waals surface area (Å²) in [5.74, 6) is -1.19. The predicted octanol–water partition coefficient (Wildman–Crippen LogP) is 0.158. The van der Waals surface area contributed by atoms with Crippen LogP contribution in [0.1, 0.15) is 10.6 Å². The first kappa shape index (κ1) is 7.47. The zero-order valence-electron chi connectivity index (χ0n) is 6.26. The molecule has 0 bridgehead atoms. The molecule has 7 nitrogen and oxygen atoms in total. The monoisotopic (exact) mass is 180 g/mol. The van der Waals surface area contributed by atoms with E-state index in [-0.39, 0.29) is 11.6 Å². The van der Waals surface area contributed by atoms with Crippen LogP contribution in [0.5, 0.6) is 0 Å². The normalized spacial score (nSPS) is 10.2. The lowest BCUT2D eigenvalue weighted by Gasteiger charge is -1.81. The second-order valence-corrected chi connectivity index (χ2v) is 2.20. The van der Waals surface area contributed by atoms with Crippen LogP contribution in [-0.4, -0.2) is 31.4 Å². The summed E-state index contributed by atoms with van der Waals surface area (Å²) in [5, 5.41) is 18.0. The van der Waals surface area contributed by atoms with Gasteiger partial charge in [0.15, 0.2) is 5.69 Å². The van der Waals surface area contributed by atoms with Gasteiger partial charge in [0, 0.05) is 6.07 Å². The zero-order chi connectivity index (χ0) is 9.26. The summed E-state index contributed by atoms with van der Waals surface area (Å²) in [5.41, 5.74) is 0.392. The number of aromatic amines is 1. The minimum atomic E-state index is -1.16. The van der Waals surface area contributed by atoms with Crippen molar-refractivity contribution in [3.05, 3.63) is 18.2 Å². The Morgan fingerprint density at radius 1 is 1.62 bits per heavy atom. The van der Waals surface area contributed by atoms with Crippen molar-refractivity contribution in [2.24, 2.45) is 0 Å². The lowest BCUT2D eigenvalue weighted by molar-refractivity contribution is 0.0684. The molecular weight excluding hydrogens is 176 g/mol. The van der Waals surface area contributed by atoms with Crippen LogP contribution in [-0.2, 0) is 0 Å². The molecule has 0 atom stereocenters. The van der Waals surface area contributed by atoms with Crippen LogP contribution in [0.3, 0.4) is 0 Å². The Hall–Kier alpha value is -2.18. The molecular formula is C6H4N4O3. The van der Waals surface area contributed by atoms with E-state index in [1.165, 1.54) is 12.3 Å². The summed E-state index contributed by atoms with van der Waals surface area (Å²) < 4.78 is 4.55. The quantitative estimate of drug-likeness (QED) is 0.681. The van der Waals surface area contributed by atoms with Crippen molar-refractivity contribution in [3.8, 4) is 11.5 Å². The minimum Gasteiger partial charge on any atom is -0.475 e. The van der Waals surface area contributed by atoms with Gasteiger partial charge in [-0.05, 0) is 0 Å². The molecule has 2 aromatic heterocycles. The fraction of sp³-hybridized carbons (Fsp3) is 0. The Kier molecular flexibility index (Phi) is 1.55. The average molecular weight is 180 g/mol. The summed E-state index contributed by atoms with van der Waals surface area (Å²) in [6.07, 6.45) is 1.35. The van der Waals surface area contributed by atoms with E-state index in [0.717, 1.165) is 0 Å². The van der Waals surface area contributed by atoms with Crippen LogP contribution in [0, 0.1) is 0 Å². The van der Waals surface area contributed by atoms with Crippen molar-refractivity contribution in [3.63, 3.8) is 0 Å². The van der Waals surface area contributed by atoms with Gasteiger partial charge >= 0.3 is 5.97 Å². The topological polar surface area (TPSA) is 105 Å². The molecule has 0 saturated carbocycles. The number of aromatic nitrogens is 4. The van der Waals surface area contributed by atoms with Gasteiger partial charge in [-0.1, -0.05) is 5.16 Å². The number of nitrogens with zero attached hydrogens (tertiary/aromatic N) is 3. The molecule has 0 saturated heterocycles. The van der Waals surface area contributed by atoms with Crippen LogP contribution >= 0.6 is 0 Å². The second-order valence-electron chi connectivity index (χ2n) is 2.20. The first-order valence-electron chi connectivity index (χ1n) is 3.34. The molecule has 2 heterocycles. The zero-order valence-corrected chi connectivity index (χ0v) is 6.26. The third-order valence-corrected chi connectivity index (χ3v) is 1.35. The average Bonchev–Trinajstić information content (AvgIpc) is 2.75. The number of hydrogen-bond acceptors (Lipinski definition) is 5. The van der Waals surface area contributed by atoms with Gasteiger partial charge in [-0.25, -0.2) is 4.79 Å². The molecule has 0 aromatic carbocycles. The Labute approximate surface area is 71.4 Å². The molecule has 66 valence electrons. The van der Waals surface area contributed by atoms with Crippen molar-refractivity contribution >= 4 is 5.97 Å². The van der Waals surface area contributed by atoms with Gasteiger partial charge in [0.05, 0.1) is 0 Å². The molecule has 0 aliphatic rings. The van der Waals surface area contributed by atoms with Gasteiger partial charge < -0.3 is 9.63 Å². The summed E-state index contributed by atoms with van der Waals surface area (Å²) >= 11 is 0. The predicted molar refractivity (Wildman–Crippen MR) is 38.8 cm³/mol.